The highest BCUT2D eigenvalue weighted by molar-refractivity contribution is 5.52. The van der Waals surface area contributed by atoms with Crippen LogP contribution in [-0.2, 0) is 6.54 Å². The Labute approximate surface area is 114 Å². The van der Waals surface area contributed by atoms with Gasteiger partial charge in [-0.25, -0.2) is 0 Å². The summed E-state index contributed by atoms with van der Waals surface area (Å²) in [6, 6.07) is 1.58. The molecule has 0 saturated carbocycles. The second-order valence-electron chi connectivity index (χ2n) is 4.46. The number of rotatable bonds is 7. The minimum Gasteiger partial charge on any atom is -0.496 e. The van der Waals surface area contributed by atoms with Crippen molar-refractivity contribution in [1.29, 1.82) is 0 Å². The van der Waals surface area contributed by atoms with Gasteiger partial charge < -0.3 is 25.0 Å². The van der Waals surface area contributed by atoms with Gasteiger partial charge in [0.05, 0.1) is 33.5 Å². The maximum Gasteiger partial charge on any atom is 0.126 e. The van der Waals surface area contributed by atoms with Gasteiger partial charge in [0.25, 0.3) is 0 Å². The molecular formula is C14H23NO4. The Morgan fingerprint density at radius 1 is 1.11 bits per heavy atom. The number of ether oxygens (including phenoxy) is 2. The van der Waals surface area contributed by atoms with E-state index >= 15 is 0 Å². The van der Waals surface area contributed by atoms with Crippen LogP contribution in [0, 0.1) is 13.8 Å². The van der Waals surface area contributed by atoms with Crippen molar-refractivity contribution >= 4 is 0 Å². The fourth-order valence-electron chi connectivity index (χ4n) is 2.00. The summed E-state index contributed by atoms with van der Waals surface area (Å²) in [4.78, 5) is 0. The number of nitrogens with one attached hydrogen (secondary N) is 1. The summed E-state index contributed by atoms with van der Waals surface area (Å²) in [5.74, 6) is 1.61. The SMILES string of the molecule is COc1cc(CNC(CO)CO)c(OC)c(C)c1C. The van der Waals surface area contributed by atoms with Gasteiger partial charge in [0.1, 0.15) is 11.5 Å². The summed E-state index contributed by atoms with van der Waals surface area (Å²) in [6.45, 7) is 4.24. The molecule has 0 atom stereocenters. The first-order chi connectivity index (χ1) is 9.08. The van der Waals surface area contributed by atoms with Crippen molar-refractivity contribution in [2.75, 3.05) is 27.4 Å². The third-order valence-corrected chi connectivity index (χ3v) is 3.32. The Bertz CT molecular complexity index is 416. The van der Waals surface area contributed by atoms with Crippen LogP contribution >= 0.6 is 0 Å². The molecule has 108 valence electrons. The average Bonchev–Trinajstić information content (AvgIpc) is 2.43. The van der Waals surface area contributed by atoms with E-state index in [1.165, 1.54) is 0 Å². The second-order valence-corrected chi connectivity index (χ2v) is 4.46. The minimum absolute atomic E-state index is 0.110. The van der Waals surface area contributed by atoms with Crippen molar-refractivity contribution in [3.63, 3.8) is 0 Å². The average molecular weight is 269 g/mol. The van der Waals surface area contributed by atoms with Gasteiger partial charge in [-0.2, -0.15) is 0 Å². The van der Waals surface area contributed by atoms with Gasteiger partial charge in [0.15, 0.2) is 0 Å². The molecule has 0 bridgehead atoms. The fraction of sp³-hybridized carbons (Fsp3) is 0.571. The van der Waals surface area contributed by atoms with E-state index in [4.69, 9.17) is 19.7 Å². The van der Waals surface area contributed by atoms with Crippen LogP contribution in [0.15, 0.2) is 6.07 Å². The third kappa shape index (κ3) is 3.59. The normalized spacial score (nSPS) is 10.9. The lowest BCUT2D eigenvalue weighted by Crippen LogP contribution is -2.35. The van der Waals surface area contributed by atoms with E-state index in [-0.39, 0.29) is 19.3 Å². The smallest absolute Gasteiger partial charge is 0.126 e. The summed E-state index contributed by atoms with van der Waals surface area (Å²) in [6.07, 6.45) is 0. The van der Waals surface area contributed by atoms with Crippen LogP contribution in [0.25, 0.3) is 0 Å². The van der Waals surface area contributed by atoms with Crippen LogP contribution in [0.3, 0.4) is 0 Å². The highest BCUT2D eigenvalue weighted by Gasteiger charge is 2.14. The first-order valence-electron chi connectivity index (χ1n) is 6.25. The second kappa shape index (κ2) is 7.33. The van der Waals surface area contributed by atoms with E-state index < -0.39 is 0 Å². The van der Waals surface area contributed by atoms with Crippen molar-refractivity contribution in [2.45, 2.75) is 26.4 Å². The highest BCUT2D eigenvalue weighted by atomic mass is 16.5. The Hall–Kier alpha value is -1.30. The molecule has 0 aliphatic carbocycles. The molecule has 3 N–H and O–H groups in total. The van der Waals surface area contributed by atoms with Crippen LogP contribution in [0.1, 0.15) is 16.7 Å². The summed E-state index contributed by atoms with van der Waals surface area (Å²) < 4.78 is 10.8. The molecule has 5 nitrogen and oxygen atoms in total. The van der Waals surface area contributed by atoms with Crippen LogP contribution in [-0.4, -0.2) is 43.7 Å². The summed E-state index contributed by atoms with van der Waals surface area (Å²) in [7, 11) is 3.27. The maximum atomic E-state index is 9.05. The van der Waals surface area contributed by atoms with E-state index in [0.717, 1.165) is 28.2 Å². The first-order valence-corrected chi connectivity index (χ1v) is 6.25. The lowest BCUT2D eigenvalue weighted by molar-refractivity contribution is 0.170. The molecule has 0 spiro atoms. The Balaban J connectivity index is 3.01. The molecule has 0 saturated heterocycles. The van der Waals surface area contributed by atoms with E-state index in [1.807, 2.05) is 19.9 Å². The zero-order valence-electron chi connectivity index (χ0n) is 12.0. The fourth-order valence-corrected chi connectivity index (χ4v) is 2.00. The Morgan fingerprint density at radius 3 is 2.21 bits per heavy atom. The lowest BCUT2D eigenvalue weighted by atomic mass is 10.0. The number of hydrogen-bond acceptors (Lipinski definition) is 5. The van der Waals surface area contributed by atoms with Crippen molar-refractivity contribution in [3.05, 3.63) is 22.8 Å². The number of aliphatic hydroxyl groups is 2. The molecule has 0 amide bonds. The largest absolute Gasteiger partial charge is 0.496 e. The van der Waals surface area contributed by atoms with E-state index in [2.05, 4.69) is 5.32 Å². The van der Waals surface area contributed by atoms with Crippen molar-refractivity contribution in [3.8, 4) is 11.5 Å². The molecule has 19 heavy (non-hydrogen) atoms. The van der Waals surface area contributed by atoms with Gasteiger partial charge >= 0.3 is 0 Å². The number of aliphatic hydroxyl groups excluding tert-OH is 2. The predicted octanol–water partition coefficient (Wildman–Crippen LogP) is 0.763. The lowest BCUT2D eigenvalue weighted by Gasteiger charge is -2.19. The topological polar surface area (TPSA) is 71.0 Å². The molecular weight excluding hydrogens is 246 g/mol. The molecule has 1 aromatic rings. The van der Waals surface area contributed by atoms with Crippen LogP contribution in [0.2, 0.25) is 0 Å². The molecule has 0 aliphatic heterocycles. The van der Waals surface area contributed by atoms with Crippen LogP contribution < -0.4 is 14.8 Å². The van der Waals surface area contributed by atoms with Gasteiger partial charge in [-0.05, 0) is 31.0 Å². The molecule has 1 aromatic carbocycles. The van der Waals surface area contributed by atoms with Crippen LogP contribution in [0.4, 0.5) is 0 Å². The van der Waals surface area contributed by atoms with Gasteiger partial charge in [-0.3, -0.25) is 0 Å². The van der Waals surface area contributed by atoms with Gasteiger partial charge in [0.2, 0.25) is 0 Å². The number of methoxy groups -OCH3 is 2. The number of hydrogen-bond donors (Lipinski definition) is 3. The van der Waals surface area contributed by atoms with Crippen molar-refractivity contribution in [2.24, 2.45) is 0 Å². The molecule has 0 aliphatic rings. The zero-order chi connectivity index (χ0) is 14.4. The van der Waals surface area contributed by atoms with Gasteiger partial charge in [0, 0.05) is 12.1 Å². The molecule has 0 unspecified atom stereocenters. The van der Waals surface area contributed by atoms with E-state index in [9.17, 15) is 0 Å². The van der Waals surface area contributed by atoms with Crippen molar-refractivity contribution in [1.82, 2.24) is 5.32 Å². The molecule has 1 rings (SSSR count). The third-order valence-electron chi connectivity index (χ3n) is 3.32. The van der Waals surface area contributed by atoms with Gasteiger partial charge in [-0.15, -0.1) is 0 Å². The number of benzene rings is 1. The van der Waals surface area contributed by atoms with Gasteiger partial charge in [-0.1, -0.05) is 0 Å². The molecule has 0 aromatic heterocycles. The zero-order valence-corrected chi connectivity index (χ0v) is 12.0. The molecule has 0 fully saturated rings. The molecule has 5 heteroatoms. The summed E-state index contributed by atoms with van der Waals surface area (Å²) in [5, 5.41) is 21.2. The van der Waals surface area contributed by atoms with Crippen LogP contribution in [0.5, 0.6) is 11.5 Å². The minimum atomic E-state index is -0.336. The summed E-state index contributed by atoms with van der Waals surface area (Å²) >= 11 is 0. The van der Waals surface area contributed by atoms with Crippen molar-refractivity contribution < 1.29 is 19.7 Å². The standard InChI is InChI=1S/C14H23NO4/c1-9-10(2)14(19-4)11(5-13(9)18-3)6-15-12(7-16)8-17/h5,12,15-17H,6-8H2,1-4H3. The Kier molecular flexibility index (Phi) is 6.08. The Morgan fingerprint density at radius 2 is 1.74 bits per heavy atom. The van der Waals surface area contributed by atoms with E-state index in [1.54, 1.807) is 14.2 Å². The quantitative estimate of drug-likeness (QED) is 0.682. The highest BCUT2D eigenvalue weighted by Crippen LogP contribution is 2.33. The maximum absolute atomic E-state index is 9.05. The monoisotopic (exact) mass is 269 g/mol. The molecule has 0 radical (unpaired) electrons. The molecule has 0 heterocycles. The predicted molar refractivity (Wildman–Crippen MR) is 73.8 cm³/mol. The first kappa shape index (κ1) is 15.8. The van der Waals surface area contributed by atoms with E-state index in [0.29, 0.717) is 6.54 Å². The summed E-state index contributed by atoms with van der Waals surface area (Å²) in [5.41, 5.74) is 3.02.